The van der Waals surface area contributed by atoms with Crippen molar-refractivity contribution in [2.75, 3.05) is 5.32 Å². The van der Waals surface area contributed by atoms with Crippen molar-refractivity contribution < 1.29 is 27.2 Å². The molecule has 0 aliphatic heterocycles. The van der Waals surface area contributed by atoms with Crippen LogP contribution in [-0.4, -0.2) is 11.1 Å². The number of hydrogen-bond donors (Lipinski definition) is 1. The average Bonchev–Trinajstić information content (AvgIpc) is 3.00. The van der Waals surface area contributed by atoms with Crippen LogP contribution < -0.4 is 10.1 Å². The third-order valence-electron chi connectivity index (χ3n) is 4.02. The van der Waals surface area contributed by atoms with E-state index in [0.717, 1.165) is 17.7 Å². The van der Waals surface area contributed by atoms with Crippen LogP contribution in [0.15, 0.2) is 53.1 Å². The molecule has 1 N–H and O–H groups in total. The summed E-state index contributed by atoms with van der Waals surface area (Å²) in [4.78, 5) is 12.5. The van der Waals surface area contributed by atoms with E-state index in [1.165, 1.54) is 12.1 Å². The van der Waals surface area contributed by atoms with Crippen molar-refractivity contribution in [3.05, 3.63) is 76.7 Å². The molecule has 0 spiro atoms. The van der Waals surface area contributed by atoms with Gasteiger partial charge in [0.1, 0.15) is 18.1 Å². The molecular formula is C20H17F3N2O3. The molecule has 0 aliphatic carbocycles. The maximum Gasteiger partial charge on any atom is 0.416 e. The summed E-state index contributed by atoms with van der Waals surface area (Å²) in [6.45, 7) is 3.58. The predicted molar refractivity (Wildman–Crippen MR) is 96.1 cm³/mol. The van der Waals surface area contributed by atoms with Gasteiger partial charge in [0.05, 0.1) is 11.1 Å². The summed E-state index contributed by atoms with van der Waals surface area (Å²) in [6.07, 6.45) is -4.50. The van der Waals surface area contributed by atoms with Crippen LogP contribution in [0, 0.1) is 13.8 Å². The first-order valence-electron chi connectivity index (χ1n) is 8.37. The highest BCUT2D eigenvalue weighted by Gasteiger charge is 2.30. The number of aryl methyl sites for hydroxylation is 2. The molecule has 5 nitrogen and oxygen atoms in total. The number of carbonyl (C=O) groups excluding carboxylic acids is 1. The van der Waals surface area contributed by atoms with Gasteiger partial charge >= 0.3 is 6.18 Å². The van der Waals surface area contributed by atoms with Crippen LogP contribution in [0.1, 0.15) is 32.9 Å². The quantitative estimate of drug-likeness (QED) is 0.655. The van der Waals surface area contributed by atoms with Crippen molar-refractivity contribution in [3.8, 4) is 5.75 Å². The normalized spacial score (nSPS) is 11.3. The number of ether oxygens (including phenoxy) is 1. The Labute approximate surface area is 159 Å². The molecule has 146 valence electrons. The summed E-state index contributed by atoms with van der Waals surface area (Å²) < 4.78 is 49.2. The molecule has 0 fully saturated rings. The van der Waals surface area contributed by atoms with Gasteiger partial charge < -0.3 is 14.6 Å². The van der Waals surface area contributed by atoms with Crippen molar-refractivity contribution >= 4 is 11.6 Å². The fourth-order valence-corrected chi connectivity index (χ4v) is 2.56. The van der Waals surface area contributed by atoms with Crippen LogP contribution in [0.5, 0.6) is 5.75 Å². The Hall–Kier alpha value is -3.29. The lowest BCUT2D eigenvalue weighted by atomic mass is 10.1. The lowest BCUT2D eigenvalue weighted by molar-refractivity contribution is -0.137. The molecule has 1 amide bonds. The van der Waals surface area contributed by atoms with E-state index < -0.39 is 17.6 Å². The summed E-state index contributed by atoms with van der Waals surface area (Å²) in [5.74, 6) is 0.325. The monoisotopic (exact) mass is 390 g/mol. The second kappa shape index (κ2) is 7.75. The van der Waals surface area contributed by atoms with Gasteiger partial charge in [0.15, 0.2) is 5.69 Å². The number of anilines is 1. The SMILES string of the molecule is Cc1cccc(OCc2c(C(=O)Nc3cccc(C(F)(F)F)c3)noc2C)c1. The number of hydrogen-bond acceptors (Lipinski definition) is 4. The molecule has 0 bridgehead atoms. The Kier molecular flexibility index (Phi) is 5.39. The molecule has 3 aromatic rings. The second-order valence-electron chi connectivity index (χ2n) is 6.20. The van der Waals surface area contributed by atoms with Gasteiger partial charge in [-0.1, -0.05) is 23.4 Å². The number of nitrogens with one attached hydrogen (secondary N) is 1. The van der Waals surface area contributed by atoms with Gasteiger partial charge in [-0.05, 0) is 49.7 Å². The number of halogens is 3. The van der Waals surface area contributed by atoms with Gasteiger partial charge in [-0.3, -0.25) is 4.79 Å². The molecule has 0 saturated heterocycles. The Morgan fingerprint density at radius 1 is 1.14 bits per heavy atom. The lowest BCUT2D eigenvalue weighted by Crippen LogP contribution is -2.16. The zero-order chi connectivity index (χ0) is 20.3. The van der Waals surface area contributed by atoms with Crippen molar-refractivity contribution in [1.82, 2.24) is 5.16 Å². The predicted octanol–water partition coefficient (Wildman–Crippen LogP) is 5.14. The Bertz CT molecular complexity index is 996. The number of nitrogens with zero attached hydrogens (tertiary/aromatic N) is 1. The second-order valence-corrected chi connectivity index (χ2v) is 6.20. The van der Waals surface area contributed by atoms with E-state index in [9.17, 15) is 18.0 Å². The molecule has 0 radical (unpaired) electrons. The maximum absolute atomic E-state index is 12.8. The number of rotatable bonds is 5. The van der Waals surface area contributed by atoms with Crippen molar-refractivity contribution in [2.45, 2.75) is 26.6 Å². The molecule has 2 aromatic carbocycles. The molecular weight excluding hydrogens is 373 g/mol. The van der Waals surface area contributed by atoms with Gasteiger partial charge in [-0.25, -0.2) is 0 Å². The first-order chi connectivity index (χ1) is 13.2. The number of amides is 1. The molecule has 0 atom stereocenters. The van der Waals surface area contributed by atoms with Crippen molar-refractivity contribution in [1.29, 1.82) is 0 Å². The minimum Gasteiger partial charge on any atom is -0.489 e. The number of carbonyl (C=O) groups is 1. The molecule has 3 rings (SSSR count). The largest absolute Gasteiger partial charge is 0.489 e. The molecule has 0 aliphatic rings. The standard InChI is InChI=1S/C20H17F3N2O3/c1-12-5-3-8-16(9-12)27-11-17-13(2)28-25-18(17)19(26)24-15-7-4-6-14(10-15)20(21,22)23/h3-10H,11H2,1-2H3,(H,24,26). The van der Waals surface area contributed by atoms with Crippen LogP contribution in [0.2, 0.25) is 0 Å². The highest BCUT2D eigenvalue weighted by molar-refractivity contribution is 6.03. The van der Waals surface area contributed by atoms with Gasteiger partial charge in [0.25, 0.3) is 5.91 Å². The number of alkyl halides is 3. The highest BCUT2D eigenvalue weighted by atomic mass is 19.4. The van der Waals surface area contributed by atoms with Crippen LogP contribution in [0.3, 0.4) is 0 Å². The Morgan fingerprint density at radius 2 is 1.89 bits per heavy atom. The zero-order valence-electron chi connectivity index (χ0n) is 15.1. The fraction of sp³-hybridized carbons (Fsp3) is 0.200. The lowest BCUT2D eigenvalue weighted by Gasteiger charge is -2.10. The van der Waals surface area contributed by atoms with Gasteiger partial charge in [-0.2, -0.15) is 13.2 Å². The fourth-order valence-electron chi connectivity index (χ4n) is 2.56. The van der Waals surface area contributed by atoms with E-state index in [-0.39, 0.29) is 18.0 Å². The molecule has 1 aromatic heterocycles. The van der Waals surface area contributed by atoms with Crippen molar-refractivity contribution in [2.24, 2.45) is 0 Å². The number of aromatic nitrogens is 1. The Morgan fingerprint density at radius 3 is 2.61 bits per heavy atom. The Balaban J connectivity index is 1.76. The zero-order valence-corrected chi connectivity index (χ0v) is 15.1. The van der Waals surface area contributed by atoms with Crippen LogP contribution in [0.4, 0.5) is 18.9 Å². The molecule has 28 heavy (non-hydrogen) atoms. The minimum absolute atomic E-state index is 0.00558. The average molecular weight is 390 g/mol. The first kappa shape index (κ1) is 19.5. The molecule has 1 heterocycles. The van der Waals surface area contributed by atoms with E-state index in [0.29, 0.717) is 17.1 Å². The highest BCUT2D eigenvalue weighted by Crippen LogP contribution is 2.31. The smallest absolute Gasteiger partial charge is 0.416 e. The van der Waals surface area contributed by atoms with E-state index in [4.69, 9.17) is 9.26 Å². The van der Waals surface area contributed by atoms with Gasteiger partial charge in [0, 0.05) is 5.69 Å². The third kappa shape index (κ3) is 4.51. The number of benzene rings is 2. The maximum atomic E-state index is 12.8. The first-order valence-corrected chi connectivity index (χ1v) is 8.37. The molecule has 0 unspecified atom stereocenters. The van der Waals surface area contributed by atoms with E-state index in [1.54, 1.807) is 13.0 Å². The third-order valence-corrected chi connectivity index (χ3v) is 4.02. The minimum atomic E-state index is -4.50. The van der Waals surface area contributed by atoms with E-state index in [2.05, 4.69) is 10.5 Å². The van der Waals surface area contributed by atoms with E-state index >= 15 is 0 Å². The molecule has 0 saturated carbocycles. The molecule has 8 heteroatoms. The van der Waals surface area contributed by atoms with Gasteiger partial charge in [-0.15, -0.1) is 0 Å². The van der Waals surface area contributed by atoms with Gasteiger partial charge in [0.2, 0.25) is 0 Å². The topological polar surface area (TPSA) is 64.4 Å². The van der Waals surface area contributed by atoms with Crippen molar-refractivity contribution in [3.63, 3.8) is 0 Å². The van der Waals surface area contributed by atoms with Crippen LogP contribution >= 0.6 is 0 Å². The summed E-state index contributed by atoms with van der Waals surface area (Å²) in [5.41, 5.74) is 0.547. The summed E-state index contributed by atoms with van der Waals surface area (Å²) in [6, 6.07) is 11.7. The van der Waals surface area contributed by atoms with E-state index in [1.807, 2.05) is 25.1 Å². The van der Waals surface area contributed by atoms with Crippen LogP contribution in [-0.2, 0) is 12.8 Å². The summed E-state index contributed by atoms with van der Waals surface area (Å²) in [7, 11) is 0. The van der Waals surface area contributed by atoms with Crippen LogP contribution in [0.25, 0.3) is 0 Å². The summed E-state index contributed by atoms with van der Waals surface area (Å²) in [5, 5.41) is 6.14. The summed E-state index contributed by atoms with van der Waals surface area (Å²) >= 11 is 0.